The van der Waals surface area contributed by atoms with Crippen molar-refractivity contribution >= 4 is 22.8 Å². The van der Waals surface area contributed by atoms with Crippen LogP contribution in [-0.4, -0.2) is 44.8 Å². The van der Waals surface area contributed by atoms with E-state index in [4.69, 9.17) is 4.42 Å². The lowest BCUT2D eigenvalue weighted by atomic mass is 10.1. The molecular formula is C28H33N5O3. The monoisotopic (exact) mass is 487 g/mol. The number of nitrogens with one attached hydrogen (secondary N) is 1. The van der Waals surface area contributed by atoms with Gasteiger partial charge >= 0.3 is 0 Å². The van der Waals surface area contributed by atoms with Crippen LogP contribution in [0.3, 0.4) is 0 Å². The van der Waals surface area contributed by atoms with Crippen LogP contribution >= 0.6 is 0 Å². The molecule has 4 rings (SSSR count). The fourth-order valence-corrected chi connectivity index (χ4v) is 4.22. The number of amides is 2. The Morgan fingerprint density at radius 1 is 1.08 bits per heavy atom. The minimum Gasteiger partial charge on any atom is -0.467 e. The number of rotatable bonds is 11. The average molecular weight is 488 g/mol. The van der Waals surface area contributed by atoms with Gasteiger partial charge in [0, 0.05) is 13.1 Å². The highest BCUT2D eigenvalue weighted by Gasteiger charge is 2.33. The van der Waals surface area contributed by atoms with Gasteiger partial charge in [-0.2, -0.15) is 0 Å². The van der Waals surface area contributed by atoms with Crippen molar-refractivity contribution in [1.29, 1.82) is 0 Å². The highest BCUT2D eigenvalue weighted by atomic mass is 16.3. The minimum absolute atomic E-state index is 0.0369. The van der Waals surface area contributed by atoms with Crippen molar-refractivity contribution in [2.45, 2.75) is 46.2 Å². The molecule has 0 aliphatic rings. The first-order valence-corrected chi connectivity index (χ1v) is 12.4. The zero-order valence-corrected chi connectivity index (χ0v) is 21.1. The molecule has 1 atom stereocenters. The summed E-state index contributed by atoms with van der Waals surface area (Å²) in [4.78, 5) is 28.8. The van der Waals surface area contributed by atoms with Gasteiger partial charge in [-0.15, -0.1) is 5.10 Å². The van der Waals surface area contributed by atoms with Gasteiger partial charge in [-0.3, -0.25) is 9.59 Å². The third-order valence-electron chi connectivity index (χ3n) is 6.14. The number of carbonyl (C=O) groups excluding carboxylic acids is 2. The molecule has 0 saturated heterocycles. The van der Waals surface area contributed by atoms with Crippen LogP contribution in [0.2, 0.25) is 0 Å². The number of hydrogen-bond donors (Lipinski definition) is 1. The van der Waals surface area contributed by atoms with Gasteiger partial charge in [-0.25, -0.2) is 4.68 Å². The molecule has 0 fully saturated rings. The molecule has 0 saturated carbocycles. The van der Waals surface area contributed by atoms with Crippen LogP contribution < -0.4 is 5.32 Å². The lowest BCUT2D eigenvalue weighted by Gasteiger charge is -2.30. The minimum atomic E-state index is -0.890. The summed E-state index contributed by atoms with van der Waals surface area (Å²) in [6.07, 6.45) is 2.97. The first kappa shape index (κ1) is 25.2. The third-order valence-corrected chi connectivity index (χ3v) is 6.14. The summed E-state index contributed by atoms with van der Waals surface area (Å²) in [7, 11) is 0. The summed E-state index contributed by atoms with van der Waals surface area (Å²) >= 11 is 0. The molecule has 0 aliphatic carbocycles. The van der Waals surface area contributed by atoms with Crippen molar-refractivity contribution in [3.8, 4) is 0 Å². The normalized spacial score (nSPS) is 12.1. The Morgan fingerprint density at radius 3 is 2.67 bits per heavy atom. The Balaban J connectivity index is 1.63. The number of carbonyl (C=O) groups is 2. The van der Waals surface area contributed by atoms with Gasteiger partial charge in [0.2, 0.25) is 5.91 Å². The Kier molecular flexibility index (Phi) is 8.15. The molecule has 0 aliphatic heterocycles. The fraction of sp³-hybridized carbons (Fsp3) is 0.357. The van der Waals surface area contributed by atoms with Crippen LogP contribution in [0, 0.1) is 12.8 Å². The van der Waals surface area contributed by atoms with Gasteiger partial charge in [0.05, 0.1) is 11.8 Å². The SMILES string of the molecule is Cc1cccc(CCN(C(=O)Cn2nnc3ccccc32)[C@H](C(=O)NCCC(C)C)c2ccco2)c1. The molecule has 0 spiro atoms. The number of benzene rings is 2. The quantitative estimate of drug-likeness (QED) is 0.340. The topological polar surface area (TPSA) is 93.3 Å². The maximum absolute atomic E-state index is 13.8. The van der Waals surface area contributed by atoms with Crippen LogP contribution in [0.4, 0.5) is 0 Å². The molecule has 0 unspecified atom stereocenters. The number of furan rings is 1. The van der Waals surface area contributed by atoms with E-state index >= 15 is 0 Å². The van der Waals surface area contributed by atoms with Crippen LogP contribution in [0.1, 0.15) is 43.2 Å². The summed E-state index contributed by atoms with van der Waals surface area (Å²) < 4.78 is 7.24. The number of hydrogen-bond acceptors (Lipinski definition) is 5. The van der Waals surface area contributed by atoms with E-state index in [1.165, 1.54) is 6.26 Å². The second kappa shape index (κ2) is 11.7. The predicted octanol–water partition coefficient (Wildman–Crippen LogP) is 4.31. The number of aryl methyl sites for hydroxylation is 1. The van der Waals surface area contributed by atoms with E-state index in [-0.39, 0.29) is 18.4 Å². The molecule has 0 radical (unpaired) electrons. The molecule has 0 bridgehead atoms. The van der Waals surface area contributed by atoms with E-state index in [0.29, 0.717) is 36.7 Å². The lowest BCUT2D eigenvalue weighted by molar-refractivity contribution is -0.142. The molecule has 2 aromatic heterocycles. The summed E-state index contributed by atoms with van der Waals surface area (Å²) in [5, 5.41) is 11.4. The van der Waals surface area contributed by atoms with Crippen molar-refractivity contribution < 1.29 is 14.0 Å². The predicted molar refractivity (Wildman–Crippen MR) is 138 cm³/mol. The summed E-state index contributed by atoms with van der Waals surface area (Å²) in [6.45, 7) is 7.09. The standard InChI is InChI=1S/C28H33N5O3/c1-20(2)13-15-29-28(35)27(25-12-7-17-36-25)32(16-14-22-9-6-8-21(3)18-22)26(34)19-33-24-11-5-4-10-23(24)30-31-33/h4-12,17-18,20,27H,13-16,19H2,1-3H3,(H,29,35)/t27-/m0/s1. The second-order valence-corrected chi connectivity index (χ2v) is 9.45. The van der Waals surface area contributed by atoms with Gasteiger partial charge in [0.1, 0.15) is 17.8 Å². The molecule has 4 aromatic rings. The van der Waals surface area contributed by atoms with Gasteiger partial charge < -0.3 is 14.6 Å². The molecule has 2 aromatic carbocycles. The van der Waals surface area contributed by atoms with E-state index < -0.39 is 6.04 Å². The highest BCUT2D eigenvalue weighted by molar-refractivity contribution is 5.88. The van der Waals surface area contributed by atoms with Gasteiger partial charge in [-0.1, -0.05) is 61.0 Å². The van der Waals surface area contributed by atoms with Crippen LogP contribution in [0.25, 0.3) is 11.0 Å². The van der Waals surface area contributed by atoms with Crippen molar-refractivity contribution in [3.05, 3.63) is 83.8 Å². The maximum Gasteiger partial charge on any atom is 0.250 e. The molecule has 1 N–H and O–H groups in total. The third kappa shape index (κ3) is 6.19. The number of aromatic nitrogens is 3. The fourth-order valence-electron chi connectivity index (χ4n) is 4.22. The van der Waals surface area contributed by atoms with E-state index in [1.54, 1.807) is 21.7 Å². The largest absolute Gasteiger partial charge is 0.467 e. The van der Waals surface area contributed by atoms with Gasteiger partial charge in [0.25, 0.3) is 5.91 Å². The van der Waals surface area contributed by atoms with Crippen molar-refractivity contribution in [2.24, 2.45) is 5.92 Å². The number of fused-ring (bicyclic) bond motifs is 1. The molecule has 188 valence electrons. The Labute approximate surface area is 211 Å². The lowest BCUT2D eigenvalue weighted by Crippen LogP contribution is -2.46. The molecule has 36 heavy (non-hydrogen) atoms. The van der Waals surface area contributed by atoms with Gasteiger partial charge in [-0.05, 0) is 55.5 Å². The smallest absolute Gasteiger partial charge is 0.250 e. The second-order valence-electron chi connectivity index (χ2n) is 9.45. The molecule has 8 heteroatoms. The molecule has 2 heterocycles. The molecular weight excluding hydrogens is 454 g/mol. The molecule has 2 amide bonds. The Hall–Kier alpha value is -3.94. The van der Waals surface area contributed by atoms with Crippen LogP contribution in [0.15, 0.2) is 71.3 Å². The zero-order valence-electron chi connectivity index (χ0n) is 21.1. The zero-order chi connectivity index (χ0) is 25.5. The summed E-state index contributed by atoms with van der Waals surface area (Å²) in [5.41, 5.74) is 3.72. The first-order chi connectivity index (χ1) is 17.4. The van der Waals surface area contributed by atoms with E-state index in [0.717, 1.165) is 23.1 Å². The van der Waals surface area contributed by atoms with E-state index in [9.17, 15) is 9.59 Å². The van der Waals surface area contributed by atoms with Crippen molar-refractivity contribution in [1.82, 2.24) is 25.2 Å². The summed E-state index contributed by atoms with van der Waals surface area (Å²) in [6, 6.07) is 18.2. The highest BCUT2D eigenvalue weighted by Crippen LogP contribution is 2.24. The average Bonchev–Trinajstić information content (AvgIpc) is 3.52. The Bertz CT molecular complexity index is 1300. The summed E-state index contributed by atoms with van der Waals surface area (Å²) in [5.74, 6) is 0.385. The Morgan fingerprint density at radius 2 is 1.92 bits per heavy atom. The number of nitrogens with zero attached hydrogens (tertiary/aromatic N) is 4. The van der Waals surface area contributed by atoms with Crippen LogP contribution in [0.5, 0.6) is 0 Å². The molecule has 8 nitrogen and oxygen atoms in total. The number of para-hydroxylation sites is 1. The maximum atomic E-state index is 13.8. The van der Waals surface area contributed by atoms with E-state index in [1.807, 2.05) is 49.4 Å². The van der Waals surface area contributed by atoms with Gasteiger partial charge in [0.15, 0.2) is 6.04 Å². The van der Waals surface area contributed by atoms with Crippen molar-refractivity contribution in [3.63, 3.8) is 0 Å². The van der Waals surface area contributed by atoms with E-state index in [2.05, 4.69) is 35.5 Å². The van der Waals surface area contributed by atoms with Crippen LogP contribution in [-0.2, 0) is 22.6 Å². The first-order valence-electron chi connectivity index (χ1n) is 12.4. The van der Waals surface area contributed by atoms with Crippen molar-refractivity contribution in [2.75, 3.05) is 13.1 Å².